The molecule has 0 aliphatic rings. The van der Waals surface area contributed by atoms with Crippen molar-refractivity contribution in [3.63, 3.8) is 0 Å². The first-order valence-corrected chi connectivity index (χ1v) is 4.77. The summed E-state index contributed by atoms with van der Waals surface area (Å²) in [6.45, 7) is 0.370. The molecule has 0 unspecified atom stereocenters. The predicted octanol–water partition coefficient (Wildman–Crippen LogP) is 0.955. The van der Waals surface area contributed by atoms with Gasteiger partial charge in [-0.2, -0.15) is 0 Å². The number of methoxy groups -OCH3 is 1. The Morgan fingerprint density at radius 3 is 2.38 bits per heavy atom. The minimum absolute atomic E-state index is 0.00154. The van der Waals surface area contributed by atoms with E-state index < -0.39 is 5.24 Å². The van der Waals surface area contributed by atoms with Crippen LogP contribution in [0.4, 0.5) is 0 Å². The molecule has 0 saturated heterocycles. The molecule has 16 heavy (non-hydrogen) atoms. The molecule has 1 aromatic carbocycles. The summed E-state index contributed by atoms with van der Waals surface area (Å²) in [4.78, 5) is 9.68. The first-order valence-electron chi connectivity index (χ1n) is 4.39. The van der Waals surface area contributed by atoms with Crippen LogP contribution in [-0.4, -0.2) is 29.2 Å². The summed E-state index contributed by atoms with van der Waals surface area (Å²) in [6, 6.07) is 4.52. The molecule has 0 heterocycles. The number of ether oxygens (including phenoxy) is 1. The molecule has 0 spiro atoms. The quantitative estimate of drug-likeness (QED) is 0.546. The molecule has 1 rings (SSSR count). The zero-order chi connectivity index (χ0) is 12.6. The number of nitrogens with two attached hydrogens (primary N) is 1. The summed E-state index contributed by atoms with van der Waals surface area (Å²) in [5, 5.41) is 17.3. The topological polar surface area (TPSA) is 92.8 Å². The van der Waals surface area contributed by atoms with Crippen LogP contribution in [-0.2, 0) is 16.1 Å². The van der Waals surface area contributed by atoms with Crippen LogP contribution in [0.3, 0.4) is 0 Å². The number of benzene rings is 1. The number of carbonyl (C=O) groups excluding carboxylic acids is 1. The van der Waals surface area contributed by atoms with Gasteiger partial charge >= 0.3 is 0 Å². The van der Waals surface area contributed by atoms with Gasteiger partial charge in [-0.05, 0) is 29.3 Å². The molecule has 0 aliphatic heterocycles. The van der Waals surface area contributed by atoms with E-state index in [4.69, 9.17) is 27.5 Å². The van der Waals surface area contributed by atoms with E-state index in [0.29, 0.717) is 6.54 Å². The zero-order valence-electron chi connectivity index (χ0n) is 8.81. The molecular formula is C10H14ClNO4. The molecule has 6 heteroatoms. The fourth-order valence-electron chi connectivity index (χ4n) is 0.809. The SMILES string of the molecule is COCC(=O)Cl.NCc1ccc(O)c(O)c1. The second-order valence-electron chi connectivity index (χ2n) is 2.82. The predicted molar refractivity (Wildman–Crippen MR) is 60.4 cm³/mol. The average Bonchev–Trinajstić information content (AvgIpc) is 2.23. The minimum Gasteiger partial charge on any atom is -0.504 e. The van der Waals surface area contributed by atoms with Gasteiger partial charge in [-0.1, -0.05) is 6.07 Å². The Kier molecular flexibility index (Phi) is 7.28. The maximum atomic E-state index is 9.68. The van der Waals surface area contributed by atoms with Gasteiger partial charge in [0, 0.05) is 13.7 Å². The Labute approximate surface area is 98.4 Å². The molecule has 0 aliphatic carbocycles. The van der Waals surface area contributed by atoms with Crippen LogP contribution in [0.25, 0.3) is 0 Å². The Morgan fingerprint density at radius 1 is 1.44 bits per heavy atom. The monoisotopic (exact) mass is 247 g/mol. The molecule has 1 aromatic rings. The number of halogens is 1. The van der Waals surface area contributed by atoms with Crippen LogP contribution in [0.5, 0.6) is 11.5 Å². The van der Waals surface area contributed by atoms with Crippen molar-refractivity contribution in [3.05, 3.63) is 23.8 Å². The standard InChI is InChI=1S/C7H9NO2.C3H5ClO2/c8-4-5-1-2-6(9)7(10)3-5;1-6-2-3(4)5/h1-3,9-10H,4,8H2;2H2,1H3. The third kappa shape index (κ3) is 6.23. The van der Waals surface area contributed by atoms with Gasteiger partial charge in [-0.3, -0.25) is 4.79 Å². The van der Waals surface area contributed by atoms with Gasteiger partial charge in [0.2, 0.25) is 5.24 Å². The van der Waals surface area contributed by atoms with E-state index in [1.54, 1.807) is 6.07 Å². The van der Waals surface area contributed by atoms with E-state index in [1.165, 1.54) is 19.2 Å². The van der Waals surface area contributed by atoms with Crippen molar-refractivity contribution in [2.75, 3.05) is 13.7 Å². The van der Waals surface area contributed by atoms with Gasteiger partial charge in [0.1, 0.15) is 6.61 Å². The summed E-state index contributed by atoms with van der Waals surface area (Å²) in [7, 11) is 1.42. The maximum Gasteiger partial charge on any atom is 0.247 e. The highest BCUT2D eigenvalue weighted by Crippen LogP contribution is 2.24. The Hall–Kier alpha value is -1.30. The first-order chi connectivity index (χ1) is 7.51. The lowest BCUT2D eigenvalue weighted by atomic mass is 10.2. The van der Waals surface area contributed by atoms with Gasteiger partial charge in [0.15, 0.2) is 11.5 Å². The lowest BCUT2D eigenvalue weighted by Crippen LogP contribution is -1.95. The lowest BCUT2D eigenvalue weighted by Gasteiger charge is -1.98. The number of aromatic hydroxyl groups is 2. The van der Waals surface area contributed by atoms with E-state index >= 15 is 0 Å². The van der Waals surface area contributed by atoms with Crippen LogP contribution >= 0.6 is 11.6 Å². The fraction of sp³-hybridized carbons (Fsp3) is 0.300. The molecule has 5 nitrogen and oxygen atoms in total. The highest BCUT2D eigenvalue weighted by atomic mass is 35.5. The smallest absolute Gasteiger partial charge is 0.247 e. The average molecular weight is 248 g/mol. The summed E-state index contributed by atoms with van der Waals surface area (Å²) in [6.07, 6.45) is 0. The lowest BCUT2D eigenvalue weighted by molar-refractivity contribution is -0.114. The number of carbonyl (C=O) groups is 1. The van der Waals surface area contributed by atoms with Crippen molar-refractivity contribution in [3.8, 4) is 11.5 Å². The van der Waals surface area contributed by atoms with E-state index in [-0.39, 0.29) is 18.1 Å². The van der Waals surface area contributed by atoms with Gasteiger partial charge in [0.05, 0.1) is 0 Å². The van der Waals surface area contributed by atoms with Crippen molar-refractivity contribution in [2.24, 2.45) is 5.73 Å². The Morgan fingerprint density at radius 2 is 2.06 bits per heavy atom. The molecule has 90 valence electrons. The van der Waals surface area contributed by atoms with Gasteiger partial charge in [-0.15, -0.1) is 0 Å². The molecule has 0 amide bonds. The second kappa shape index (κ2) is 7.92. The van der Waals surface area contributed by atoms with E-state index in [2.05, 4.69) is 4.74 Å². The van der Waals surface area contributed by atoms with Crippen molar-refractivity contribution in [1.29, 1.82) is 0 Å². The first kappa shape index (κ1) is 14.7. The molecule has 4 N–H and O–H groups in total. The number of phenolic OH excluding ortho intramolecular Hbond substituents is 2. The van der Waals surface area contributed by atoms with Gasteiger partial charge in [-0.25, -0.2) is 0 Å². The highest BCUT2D eigenvalue weighted by molar-refractivity contribution is 6.63. The van der Waals surface area contributed by atoms with Gasteiger partial charge in [0.25, 0.3) is 0 Å². The molecule has 0 radical (unpaired) electrons. The van der Waals surface area contributed by atoms with Crippen molar-refractivity contribution in [2.45, 2.75) is 6.54 Å². The van der Waals surface area contributed by atoms with E-state index in [0.717, 1.165) is 5.56 Å². The second-order valence-corrected chi connectivity index (χ2v) is 3.24. The molecule has 0 atom stereocenters. The highest BCUT2D eigenvalue weighted by Gasteiger charge is 1.97. The third-order valence-corrected chi connectivity index (χ3v) is 1.64. The maximum absolute atomic E-state index is 9.68. The number of hydrogen-bond acceptors (Lipinski definition) is 5. The van der Waals surface area contributed by atoms with Crippen molar-refractivity contribution in [1.82, 2.24) is 0 Å². The van der Waals surface area contributed by atoms with Crippen LogP contribution < -0.4 is 5.73 Å². The van der Waals surface area contributed by atoms with Crippen molar-refractivity contribution >= 4 is 16.8 Å². The Bertz CT molecular complexity index is 344. The minimum atomic E-state index is -0.461. The molecule has 0 aromatic heterocycles. The van der Waals surface area contributed by atoms with E-state index in [1.807, 2.05) is 0 Å². The summed E-state index contributed by atoms with van der Waals surface area (Å²) in [5.41, 5.74) is 6.08. The summed E-state index contributed by atoms with van der Waals surface area (Å²) >= 11 is 4.81. The molecule has 0 bridgehead atoms. The van der Waals surface area contributed by atoms with Crippen molar-refractivity contribution < 1.29 is 19.7 Å². The van der Waals surface area contributed by atoms with Crippen LogP contribution in [0.1, 0.15) is 5.56 Å². The number of phenols is 2. The van der Waals surface area contributed by atoms with Crippen LogP contribution in [0, 0.1) is 0 Å². The number of hydrogen-bond donors (Lipinski definition) is 3. The fourth-order valence-corrected chi connectivity index (χ4v) is 0.919. The molecule has 0 saturated carbocycles. The van der Waals surface area contributed by atoms with E-state index in [9.17, 15) is 4.79 Å². The molecular weight excluding hydrogens is 234 g/mol. The normalized spacial score (nSPS) is 9.19. The zero-order valence-corrected chi connectivity index (χ0v) is 9.57. The Balaban J connectivity index is 0.000000325. The van der Waals surface area contributed by atoms with Crippen LogP contribution in [0.2, 0.25) is 0 Å². The largest absolute Gasteiger partial charge is 0.504 e. The summed E-state index contributed by atoms with van der Waals surface area (Å²) < 4.78 is 4.32. The summed E-state index contributed by atoms with van der Waals surface area (Å²) in [5.74, 6) is -0.236. The third-order valence-electron chi connectivity index (χ3n) is 1.53. The van der Waals surface area contributed by atoms with Crippen LogP contribution in [0.15, 0.2) is 18.2 Å². The van der Waals surface area contributed by atoms with Gasteiger partial charge < -0.3 is 20.7 Å². The molecule has 0 fully saturated rings. The number of rotatable bonds is 3.